The van der Waals surface area contributed by atoms with Crippen LogP contribution in [0, 0.1) is 5.92 Å². The molecule has 2 aliphatic rings. The number of hydrogen-bond donors (Lipinski definition) is 1. The minimum Gasteiger partial charge on any atom is -0.755 e. The number of nitrogens with zero attached hydrogens (tertiary/aromatic N) is 2. The smallest absolute Gasteiger partial charge is 0.253 e. The van der Waals surface area contributed by atoms with Crippen molar-refractivity contribution >= 4 is 22.9 Å². The molecule has 0 radical (unpaired) electrons. The number of hydrogen-bond acceptors (Lipinski definition) is 4. The molecule has 7 heteroatoms. The van der Waals surface area contributed by atoms with Crippen molar-refractivity contribution in [2.75, 3.05) is 30.9 Å². The lowest BCUT2D eigenvalue weighted by atomic mass is 10.0. The van der Waals surface area contributed by atoms with Crippen LogP contribution in [0.3, 0.4) is 0 Å². The van der Waals surface area contributed by atoms with Crippen molar-refractivity contribution in [2.24, 2.45) is 5.92 Å². The van der Waals surface area contributed by atoms with Gasteiger partial charge in [-0.05, 0) is 48.6 Å². The Hall–Kier alpha value is -2.22. The van der Waals surface area contributed by atoms with Crippen LogP contribution in [-0.4, -0.2) is 56.7 Å². The Kier molecular flexibility index (Phi) is 6.83. The first-order valence-electron chi connectivity index (χ1n) is 9.43. The highest BCUT2D eigenvalue weighted by atomic mass is 32.2. The Morgan fingerprint density at radius 3 is 2.68 bits per heavy atom. The molecule has 2 aliphatic heterocycles. The van der Waals surface area contributed by atoms with Gasteiger partial charge in [-0.2, -0.15) is 0 Å². The predicted molar refractivity (Wildman–Crippen MR) is 111 cm³/mol. The van der Waals surface area contributed by atoms with Crippen molar-refractivity contribution in [1.82, 2.24) is 9.80 Å². The summed E-state index contributed by atoms with van der Waals surface area (Å²) in [5, 5.41) is 0. The monoisotopic (exact) mass is 400 g/mol. The van der Waals surface area contributed by atoms with E-state index in [1.165, 1.54) is 0 Å². The number of rotatable bonds is 7. The minimum atomic E-state index is -2.37. The van der Waals surface area contributed by atoms with Crippen LogP contribution in [0.4, 0.5) is 5.69 Å². The number of carbonyl (C=O) groups is 1. The molecule has 2 bridgehead atoms. The Bertz CT molecular complexity index is 791. The van der Waals surface area contributed by atoms with Gasteiger partial charge in [-0.3, -0.25) is 13.9 Å². The average Bonchev–Trinajstić information content (AvgIpc) is 2.91. The molecule has 0 spiro atoms. The van der Waals surface area contributed by atoms with Gasteiger partial charge >= 0.3 is 0 Å². The molecule has 28 heavy (non-hydrogen) atoms. The van der Waals surface area contributed by atoms with E-state index in [0.29, 0.717) is 29.8 Å². The number of anilines is 1. The van der Waals surface area contributed by atoms with E-state index in [1.54, 1.807) is 30.3 Å². The summed E-state index contributed by atoms with van der Waals surface area (Å²) in [7, 11) is 0. The number of likely N-dealkylation sites (tertiary alicyclic amines) is 2. The molecule has 0 saturated carbocycles. The molecule has 6 nitrogen and oxygen atoms in total. The molecule has 2 heterocycles. The van der Waals surface area contributed by atoms with Gasteiger partial charge in [-0.1, -0.05) is 31.4 Å². The zero-order valence-corrected chi connectivity index (χ0v) is 16.7. The maximum atomic E-state index is 13.0. The Morgan fingerprint density at radius 2 is 2.04 bits per heavy atom. The van der Waals surface area contributed by atoms with Crippen molar-refractivity contribution in [2.45, 2.75) is 18.9 Å². The molecule has 0 aromatic heterocycles. The van der Waals surface area contributed by atoms with Crippen LogP contribution < -0.4 is 4.72 Å². The van der Waals surface area contributed by atoms with Crippen molar-refractivity contribution in [3.8, 4) is 0 Å². The highest BCUT2D eigenvalue weighted by molar-refractivity contribution is 7.80. The van der Waals surface area contributed by atoms with Gasteiger partial charge in [0.25, 0.3) is 5.91 Å². The van der Waals surface area contributed by atoms with Crippen LogP contribution in [0.2, 0.25) is 0 Å². The largest absolute Gasteiger partial charge is 0.755 e. The van der Waals surface area contributed by atoms with Gasteiger partial charge in [-0.25, -0.2) is 0 Å². The molecule has 3 rings (SSSR count). The fraction of sp³-hybridized carbons (Fsp3) is 0.381. The summed E-state index contributed by atoms with van der Waals surface area (Å²) in [6.45, 7) is 11.0. The third-order valence-corrected chi connectivity index (χ3v) is 5.86. The Balaban J connectivity index is 1.68. The van der Waals surface area contributed by atoms with Crippen molar-refractivity contribution < 1.29 is 13.6 Å². The molecule has 2 saturated heterocycles. The van der Waals surface area contributed by atoms with Crippen LogP contribution in [0.25, 0.3) is 0 Å². The summed E-state index contributed by atoms with van der Waals surface area (Å²) in [4.78, 5) is 17.3. The van der Waals surface area contributed by atoms with Crippen LogP contribution in [0.15, 0.2) is 61.2 Å². The molecule has 1 aromatic carbocycles. The van der Waals surface area contributed by atoms with E-state index in [0.717, 1.165) is 38.0 Å². The van der Waals surface area contributed by atoms with E-state index in [-0.39, 0.29) is 5.91 Å². The Morgan fingerprint density at radius 1 is 1.29 bits per heavy atom. The second-order valence-corrected chi connectivity index (χ2v) is 7.99. The summed E-state index contributed by atoms with van der Waals surface area (Å²) in [6, 6.07) is 6.89. The standard InChI is InChI=1S/C21H27N3O3S/c1-3-5-16(4-2)13-24-14-17-10-11-23(15-20(24)12-17)21(25)18-6-8-19(9-7-18)22-28(26)27/h3-9,17,20,22H,1-2,10-15H2,(H,26,27)/p-1/b16-5+. The van der Waals surface area contributed by atoms with Crippen molar-refractivity contribution in [3.63, 3.8) is 0 Å². The second kappa shape index (κ2) is 9.32. The number of nitrogens with one attached hydrogen (secondary N) is 1. The van der Waals surface area contributed by atoms with Gasteiger partial charge in [0, 0.05) is 54.7 Å². The highest BCUT2D eigenvalue weighted by Gasteiger charge is 2.37. The molecular formula is C21H26N3O3S-. The first kappa shape index (κ1) is 20.5. The lowest BCUT2D eigenvalue weighted by molar-refractivity contribution is 0.0701. The summed E-state index contributed by atoms with van der Waals surface area (Å²) in [6.07, 6.45) is 7.74. The molecule has 3 unspecified atom stereocenters. The molecule has 1 N–H and O–H groups in total. The first-order chi connectivity index (χ1) is 13.5. The van der Waals surface area contributed by atoms with E-state index < -0.39 is 11.3 Å². The van der Waals surface area contributed by atoms with Gasteiger partial charge in [-0.15, -0.1) is 0 Å². The second-order valence-electron chi connectivity index (χ2n) is 7.32. The SMILES string of the molecule is C=C/C=C(\C=C)CN1CC2CCN(C(=O)c3ccc(NS(=O)[O-])cc3)CC1C2. The number of amides is 1. The molecule has 3 atom stereocenters. The topological polar surface area (TPSA) is 75.7 Å². The van der Waals surface area contributed by atoms with E-state index in [2.05, 4.69) is 22.8 Å². The molecule has 0 aliphatic carbocycles. The van der Waals surface area contributed by atoms with Gasteiger partial charge in [0.15, 0.2) is 0 Å². The lowest BCUT2D eigenvalue weighted by Gasteiger charge is -2.32. The summed E-state index contributed by atoms with van der Waals surface area (Å²) < 4.78 is 23.7. The summed E-state index contributed by atoms with van der Waals surface area (Å²) in [5.74, 6) is 0.601. The fourth-order valence-electron chi connectivity index (χ4n) is 4.08. The van der Waals surface area contributed by atoms with Crippen molar-refractivity contribution in [3.05, 3.63) is 66.8 Å². The summed E-state index contributed by atoms with van der Waals surface area (Å²) >= 11 is -2.37. The minimum absolute atomic E-state index is 0.00660. The van der Waals surface area contributed by atoms with Gasteiger partial charge < -0.3 is 14.2 Å². The van der Waals surface area contributed by atoms with Crippen LogP contribution in [-0.2, 0) is 11.3 Å². The number of benzene rings is 1. The van der Waals surface area contributed by atoms with Crippen molar-refractivity contribution in [1.29, 1.82) is 0 Å². The lowest BCUT2D eigenvalue weighted by Crippen LogP contribution is -2.44. The van der Waals surface area contributed by atoms with E-state index >= 15 is 0 Å². The van der Waals surface area contributed by atoms with Crippen LogP contribution in [0.5, 0.6) is 0 Å². The van der Waals surface area contributed by atoms with E-state index in [1.807, 2.05) is 17.1 Å². The molecule has 2 fully saturated rings. The number of fused-ring (bicyclic) bond motifs is 2. The van der Waals surface area contributed by atoms with E-state index in [4.69, 9.17) is 0 Å². The van der Waals surface area contributed by atoms with Gasteiger partial charge in [0.1, 0.15) is 0 Å². The van der Waals surface area contributed by atoms with E-state index in [9.17, 15) is 13.6 Å². The maximum Gasteiger partial charge on any atom is 0.253 e. The maximum absolute atomic E-state index is 13.0. The zero-order chi connectivity index (χ0) is 20.1. The van der Waals surface area contributed by atoms with Crippen LogP contribution >= 0.6 is 0 Å². The van der Waals surface area contributed by atoms with Gasteiger partial charge in [0.05, 0.1) is 0 Å². The number of allylic oxidation sites excluding steroid dienone is 2. The average molecular weight is 401 g/mol. The molecule has 1 aromatic rings. The zero-order valence-electron chi connectivity index (χ0n) is 15.9. The summed E-state index contributed by atoms with van der Waals surface area (Å²) in [5.41, 5.74) is 2.15. The fourth-order valence-corrected chi connectivity index (χ4v) is 4.41. The van der Waals surface area contributed by atoms with Gasteiger partial charge in [0.2, 0.25) is 0 Å². The Labute approximate surface area is 169 Å². The highest BCUT2D eigenvalue weighted by Crippen LogP contribution is 2.31. The molecule has 150 valence electrons. The predicted octanol–water partition coefficient (Wildman–Crippen LogP) is 2.73. The van der Waals surface area contributed by atoms with Crippen LogP contribution in [0.1, 0.15) is 23.2 Å². The third-order valence-electron chi connectivity index (χ3n) is 5.45. The third kappa shape index (κ3) is 4.98. The number of carbonyl (C=O) groups excluding carboxylic acids is 1. The quantitative estimate of drug-likeness (QED) is 0.564. The first-order valence-corrected chi connectivity index (χ1v) is 10.5. The molecular weight excluding hydrogens is 374 g/mol. The molecule has 1 amide bonds. The normalized spacial score (nSPS) is 23.8.